The Morgan fingerprint density at radius 2 is 2.30 bits per heavy atom. The van der Waals surface area contributed by atoms with Crippen molar-refractivity contribution in [1.29, 1.82) is 0 Å². The Hall–Kier alpha value is -1.13. The third-order valence-corrected chi connectivity index (χ3v) is 4.96. The van der Waals surface area contributed by atoms with Crippen LogP contribution in [0.1, 0.15) is 37.7 Å². The average molecular weight is 276 g/mol. The first-order chi connectivity index (χ1) is 9.72. The summed E-state index contributed by atoms with van der Waals surface area (Å²) in [6.07, 6.45) is 7.43. The lowest BCUT2D eigenvalue weighted by Crippen LogP contribution is -2.46. The summed E-state index contributed by atoms with van der Waals surface area (Å²) in [5.41, 5.74) is 1.40. The highest BCUT2D eigenvalue weighted by Crippen LogP contribution is 2.45. The molecule has 2 aliphatic rings. The van der Waals surface area contributed by atoms with Crippen molar-refractivity contribution in [2.24, 2.45) is 5.41 Å². The molecule has 1 aromatic heterocycles. The molecule has 2 heterocycles. The molecule has 20 heavy (non-hydrogen) atoms. The average Bonchev–Trinajstić information content (AvgIpc) is 2.80. The first kappa shape index (κ1) is 13.8. The highest BCUT2D eigenvalue weighted by molar-refractivity contribution is 5.20. The summed E-state index contributed by atoms with van der Waals surface area (Å²) in [4.78, 5) is 6.63. The summed E-state index contributed by atoms with van der Waals surface area (Å²) < 4.78 is 5.18. The Kier molecular flexibility index (Phi) is 3.94. The summed E-state index contributed by atoms with van der Waals surface area (Å²) in [6.45, 7) is 3.07. The lowest BCUT2D eigenvalue weighted by Gasteiger charge is -2.42. The number of pyridine rings is 1. The van der Waals surface area contributed by atoms with Gasteiger partial charge in [0.1, 0.15) is 0 Å². The number of rotatable bonds is 3. The first-order valence-corrected chi connectivity index (χ1v) is 7.61. The van der Waals surface area contributed by atoms with Gasteiger partial charge in [-0.05, 0) is 43.9 Å². The van der Waals surface area contributed by atoms with E-state index in [1.54, 1.807) is 13.3 Å². The third kappa shape index (κ3) is 2.67. The lowest BCUT2D eigenvalue weighted by molar-refractivity contribution is -0.0120. The molecule has 0 unspecified atom stereocenters. The van der Waals surface area contributed by atoms with Crippen LogP contribution in [0.2, 0.25) is 0 Å². The molecule has 1 saturated carbocycles. The molecule has 1 saturated heterocycles. The molecular formula is C16H24N2O2. The van der Waals surface area contributed by atoms with Crippen LogP contribution in [-0.2, 0) is 6.54 Å². The van der Waals surface area contributed by atoms with Gasteiger partial charge in [-0.25, -0.2) is 4.98 Å². The van der Waals surface area contributed by atoms with Crippen molar-refractivity contribution < 1.29 is 9.84 Å². The molecule has 2 fully saturated rings. The second-order valence-electron chi connectivity index (χ2n) is 6.29. The number of aliphatic hydroxyl groups excluding tert-OH is 1. The fourth-order valence-electron chi connectivity index (χ4n) is 3.91. The standard InChI is InChI=1S/C16H24N2O2/c1-20-15-10-13(5-8-17-15)11-18-9-3-7-16(12-18)6-2-4-14(16)19/h5,8,10,14,19H,2-4,6-7,9,11-12H2,1H3/t14-,16+/m1/s1. The quantitative estimate of drug-likeness (QED) is 0.919. The van der Waals surface area contributed by atoms with Crippen molar-refractivity contribution >= 4 is 0 Å². The smallest absolute Gasteiger partial charge is 0.213 e. The minimum atomic E-state index is -0.0997. The maximum Gasteiger partial charge on any atom is 0.213 e. The molecule has 1 aromatic rings. The maximum atomic E-state index is 10.3. The molecule has 0 aromatic carbocycles. The van der Waals surface area contributed by atoms with E-state index in [4.69, 9.17) is 4.74 Å². The summed E-state index contributed by atoms with van der Waals surface area (Å²) in [6, 6.07) is 4.06. The molecule has 1 spiro atoms. The van der Waals surface area contributed by atoms with E-state index in [0.717, 1.165) is 26.1 Å². The fourth-order valence-corrected chi connectivity index (χ4v) is 3.91. The molecular weight excluding hydrogens is 252 g/mol. The normalized spacial score (nSPS) is 30.8. The van der Waals surface area contributed by atoms with E-state index >= 15 is 0 Å². The molecule has 1 N–H and O–H groups in total. The zero-order chi connectivity index (χ0) is 14.0. The zero-order valence-corrected chi connectivity index (χ0v) is 12.2. The molecule has 4 nitrogen and oxygen atoms in total. The van der Waals surface area contributed by atoms with Crippen molar-refractivity contribution in [3.8, 4) is 5.88 Å². The minimum Gasteiger partial charge on any atom is -0.481 e. The summed E-state index contributed by atoms with van der Waals surface area (Å²) in [7, 11) is 1.65. The Labute approximate surface area is 120 Å². The van der Waals surface area contributed by atoms with Crippen molar-refractivity contribution in [3.05, 3.63) is 23.9 Å². The van der Waals surface area contributed by atoms with Crippen LogP contribution in [0.4, 0.5) is 0 Å². The minimum absolute atomic E-state index is 0.0997. The second kappa shape index (κ2) is 5.70. The highest BCUT2D eigenvalue weighted by atomic mass is 16.5. The largest absolute Gasteiger partial charge is 0.481 e. The molecule has 0 radical (unpaired) electrons. The van der Waals surface area contributed by atoms with Crippen LogP contribution in [0.25, 0.3) is 0 Å². The summed E-state index contributed by atoms with van der Waals surface area (Å²) in [5, 5.41) is 10.3. The molecule has 3 rings (SSSR count). The monoisotopic (exact) mass is 276 g/mol. The van der Waals surface area contributed by atoms with E-state index in [-0.39, 0.29) is 11.5 Å². The predicted molar refractivity (Wildman–Crippen MR) is 77.6 cm³/mol. The van der Waals surface area contributed by atoms with Crippen molar-refractivity contribution in [3.63, 3.8) is 0 Å². The van der Waals surface area contributed by atoms with Crippen LogP contribution in [0, 0.1) is 5.41 Å². The number of nitrogens with zero attached hydrogens (tertiary/aromatic N) is 2. The van der Waals surface area contributed by atoms with Gasteiger partial charge in [0.25, 0.3) is 0 Å². The highest BCUT2D eigenvalue weighted by Gasteiger charge is 2.44. The first-order valence-electron chi connectivity index (χ1n) is 7.61. The number of aromatic nitrogens is 1. The van der Waals surface area contributed by atoms with Gasteiger partial charge in [0.05, 0.1) is 13.2 Å². The van der Waals surface area contributed by atoms with Crippen LogP contribution in [0.3, 0.4) is 0 Å². The molecule has 1 aliphatic heterocycles. The van der Waals surface area contributed by atoms with E-state index in [1.165, 1.54) is 31.2 Å². The number of methoxy groups -OCH3 is 1. The third-order valence-electron chi connectivity index (χ3n) is 4.96. The predicted octanol–water partition coefficient (Wildman–Crippen LogP) is 2.22. The fraction of sp³-hybridized carbons (Fsp3) is 0.688. The van der Waals surface area contributed by atoms with Gasteiger partial charge in [0.2, 0.25) is 5.88 Å². The molecule has 0 amide bonds. The Balaban J connectivity index is 1.68. The van der Waals surface area contributed by atoms with Crippen LogP contribution in [0.5, 0.6) is 5.88 Å². The number of ether oxygens (including phenoxy) is 1. The van der Waals surface area contributed by atoms with Gasteiger partial charge < -0.3 is 9.84 Å². The van der Waals surface area contributed by atoms with E-state index in [1.807, 2.05) is 6.07 Å². The SMILES string of the molecule is COc1cc(CN2CCC[C@@]3(CCC[C@H]3O)C2)ccn1. The number of aliphatic hydroxyl groups is 1. The molecule has 1 aliphatic carbocycles. The number of likely N-dealkylation sites (tertiary alicyclic amines) is 1. The molecule has 0 bridgehead atoms. The number of hydrogen-bond donors (Lipinski definition) is 1. The Bertz CT molecular complexity index is 466. The summed E-state index contributed by atoms with van der Waals surface area (Å²) in [5.74, 6) is 0.676. The second-order valence-corrected chi connectivity index (χ2v) is 6.29. The van der Waals surface area contributed by atoms with Gasteiger partial charge in [-0.15, -0.1) is 0 Å². The van der Waals surface area contributed by atoms with Gasteiger partial charge in [-0.3, -0.25) is 4.90 Å². The van der Waals surface area contributed by atoms with Crippen molar-refractivity contribution in [2.45, 2.75) is 44.8 Å². The van der Waals surface area contributed by atoms with E-state index in [2.05, 4.69) is 16.0 Å². The van der Waals surface area contributed by atoms with Crippen molar-refractivity contribution in [1.82, 2.24) is 9.88 Å². The van der Waals surface area contributed by atoms with Crippen LogP contribution in [-0.4, -0.2) is 41.3 Å². The molecule has 2 atom stereocenters. The van der Waals surface area contributed by atoms with E-state index in [9.17, 15) is 5.11 Å². The maximum absolute atomic E-state index is 10.3. The molecule has 4 heteroatoms. The Morgan fingerprint density at radius 1 is 1.45 bits per heavy atom. The van der Waals surface area contributed by atoms with Gasteiger partial charge in [0, 0.05) is 30.8 Å². The van der Waals surface area contributed by atoms with E-state index in [0.29, 0.717) is 5.88 Å². The van der Waals surface area contributed by atoms with Crippen LogP contribution >= 0.6 is 0 Å². The zero-order valence-electron chi connectivity index (χ0n) is 12.2. The van der Waals surface area contributed by atoms with E-state index < -0.39 is 0 Å². The number of piperidine rings is 1. The van der Waals surface area contributed by atoms with Gasteiger partial charge >= 0.3 is 0 Å². The van der Waals surface area contributed by atoms with Crippen molar-refractivity contribution in [2.75, 3.05) is 20.2 Å². The molecule has 110 valence electrons. The topological polar surface area (TPSA) is 45.6 Å². The number of hydrogen-bond acceptors (Lipinski definition) is 4. The Morgan fingerprint density at radius 3 is 3.05 bits per heavy atom. The summed E-state index contributed by atoms with van der Waals surface area (Å²) >= 11 is 0. The van der Waals surface area contributed by atoms with Crippen LogP contribution in [0.15, 0.2) is 18.3 Å². The van der Waals surface area contributed by atoms with Crippen LogP contribution < -0.4 is 4.74 Å². The van der Waals surface area contributed by atoms with Gasteiger partial charge in [0.15, 0.2) is 0 Å². The van der Waals surface area contributed by atoms with Gasteiger partial charge in [-0.1, -0.05) is 6.42 Å². The lowest BCUT2D eigenvalue weighted by atomic mass is 9.76. The van der Waals surface area contributed by atoms with Gasteiger partial charge in [-0.2, -0.15) is 0 Å².